The molecule has 8 heteroatoms. The van der Waals surface area contributed by atoms with Gasteiger partial charge in [0.2, 0.25) is 10.0 Å². The molecule has 1 saturated heterocycles. The zero-order chi connectivity index (χ0) is 18.4. The molecule has 0 unspecified atom stereocenters. The van der Waals surface area contributed by atoms with Crippen molar-refractivity contribution in [2.24, 2.45) is 5.92 Å². The molecule has 142 valence electrons. The van der Waals surface area contributed by atoms with Crippen molar-refractivity contribution in [3.05, 3.63) is 46.8 Å². The summed E-state index contributed by atoms with van der Waals surface area (Å²) in [6, 6.07) is 13.0. The van der Waals surface area contributed by atoms with Crippen LogP contribution in [0.15, 0.2) is 46.7 Å². The smallest absolute Gasteiger partial charge is 0.250 e. The number of sulfonamides is 1. The molecule has 0 radical (unpaired) electrons. The van der Waals surface area contributed by atoms with Crippen molar-refractivity contribution in [3.8, 4) is 5.75 Å². The number of para-hydroxylation sites is 1. The molecule has 0 aliphatic carbocycles. The molecule has 0 amide bonds. The number of benzene rings is 1. The molecule has 1 fully saturated rings. The summed E-state index contributed by atoms with van der Waals surface area (Å²) in [6.07, 6.45) is 1.97. The van der Waals surface area contributed by atoms with Crippen LogP contribution in [-0.2, 0) is 10.0 Å². The minimum Gasteiger partial charge on any atom is -0.492 e. The van der Waals surface area contributed by atoms with Gasteiger partial charge in [-0.25, -0.2) is 13.1 Å². The van der Waals surface area contributed by atoms with Crippen molar-refractivity contribution in [1.82, 2.24) is 9.62 Å². The highest BCUT2D eigenvalue weighted by atomic mass is 35.5. The van der Waals surface area contributed by atoms with Gasteiger partial charge < -0.3 is 4.74 Å². The van der Waals surface area contributed by atoms with Crippen LogP contribution >= 0.6 is 22.9 Å². The summed E-state index contributed by atoms with van der Waals surface area (Å²) in [7, 11) is -3.45. The van der Waals surface area contributed by atoms with Crippen LogP contribution in [0.3, 0.4) is 0 Å². The number of halogens is 1. The Kier molecular flexibility index (Phi) is 6.94. The molecule has 3 rings (SSSR count). The van der Waals surface area contributed by atoms with Crippen molar-refractivity contribution in [2.75, 3.05) is 32.8 Å². The number of rotatable bonds is 8. The number of hydrogen-bond acceptors (Lipinski definition) is 5. The third kappa shape index (κ3) is 5.69. The predicted molar refractivity (Wildman–Crippen MR) is 106 cm³/mol. The lowest BCUT2D eigenvalue weighted by molar-refractivity contribution is 0.156. The first kappa shape index (κ1) is 19.6. The Balaban J connectivity index is 1.36. The van der Waals surface area contributed by atoms with E-state index in [0.717, 1.165) is 49.6 Å². The molecular weight excluding hydrogens is 392 g/mol. The van der Waals surface area contributed by atoms with E-state index < -0.39 is 10.0 Å². The fourth-order valence-electron chi connectivity index (χ4n) is 2.96. The van der Waals surface area contributed by atoms with E-state index in [4.69, 9.17) is 16.3 Å². The average molecular weight is 415 g/mol. The zero-order valence-electron chi connectivity index (χ0n) is 14.4. The molecule has 26 heavy (non-hydrogen) atoms. The highest BCUT2D eigenvalue weighted by molar-refractivity contribution is 7.91. The average Bonchev–Trinajstić information content (AvgIpc) is 3.09. The number of nitrogens with one attached hydrogen (secondary N) is 1. The maximum atomic E-state index is 12.2. The summed E-state index contributed by atoms with van der Waals surface area (Å²) in [5.41, 5.74) is 0. The Morgan fingerprint density at radius 1 is 1.15 bits per heavy atom. The van der Waals surface area contributed by atoms with Crippen LogP contribution in [-0.4, -0.2) is 46.1 Å². The van der Waals surface area contributed by atoms with E-state index in [2.05, 4.69) is 9.62 Å². The molecule has 5 nitrogen and oxygen atoms in total. The minimum absolute atomic E-state index is 0.276. The number of thiophene rings is 1. The van der Waals surface area contributed by atoms with Crippen LogP contribution in [0.2, 0.25) is 4.34 Å². The van der Waals surface area contributed by atoms with Crippen LogP contribution in [0.1, 0.15) is 12.8 Å². The van der Waals surface area contributed by atoms with Crippen molar-refractivity contribution < 1.29 is 13.2 Å². The molecule has 1 aromatic heterocycles. The van der Waals surface area contributed by atoms with E-state index >= 15 is 0 Å². The highest BCUT2D eigenvalue weighted by Crippen LogP contribution is 2.25. The van der Waals surface area contributed by atoms with Crippen molar-refractivity contribution in [3.63, 3.8) is 0 Å². The Morgan fingerprint density at radius 2 is 1.88 bits per heavy atom. The van der Waals surface area contributed by atoms with Crippen molar-refractivity contribution in [2.45, 2.75) is 17.1 Å². The second-order valence-electron chi connectivity index (χ2n) is 6.36. The maximum absolute atomic E-state index is 12.2. The quantitative estimate of drug-likeness (QED) is 0.718. The normalized spacial score (nSPS) is 16.7. The van der Waals surface area contributed by atoms with Gasteiger partial charge in [-0.1, -0.05) is 29.8 Å². The van der Waals surface area contributed by atoms with Gasteiger partial charge in [-0.15, -0.1) is 11.3 Å². The topological polar surface area (TPSA) is 58.6 Å². The second kappa shape index (κ2) is 9.19. The molecule has 1 N–H and O–H groups in total. The predicted octanol–water partition coefficient (Wildman–Crippen LogP) is 3.47. The number of likely N-dealkylation sites (tertiary alicyclic amines) is 1. The van der Waals surface area contributed by atoms with Gasteiger partial charge in [0.1, 0.15) is 16.6 Å². The van der Waals surface area contributed by atoms with E-state index in [1.807, 2.05) is 30.3 Å². The van der Waals surface area contributed by atoms with E-state index in [1.165, 1.54) is 0 Å². The summed E-state index contributed by atoms with van der Waals surface area (Å²) < 4.78 is 33.7. The van der Waals surface area contributed by atoms with Gasteiger partial charge in [-0.3, -0.25) is 4.90 Å². The number of nitrogens with zero attached hydrogens (tertiary/aromatic N) is 1. The van der Waals surface area contributed by atoms with Crippen LogP contribution in [0.5, 0.6) is 5.75 Å². The monoisotopic (exact) mass is 414 g/mol. The maximum Gasteiger partial charge on any atom is 0.250 e. The standard InChI is InChI=1S/C18H23ClN2O3S2/c19-17-6-7-18(25-17)26(22,23)20-14-15-8-10-21(11-9-15)12-13-24-16-4-2-1-3-5-16/h1-7,15,20H,8-14H2. The summed E-state index contributed by atoms with van der Waals surface area (Å²) in [5.74, 6) is 1.26. The molecule has 2 aromatic rings. The molecule has 0 spiro atoms. The van der Waals surface area contributed by atoms with Crippen molar-refractivity contribution >= 4 is 33.0 Å². The molecule has 0 bridgehead atoms. The third-order valence-corrected chi connectivity index (χ3v) is 7.65. The SMILES string of the molecule is O=S(=O)(NCC1CCN(CCOc2ccccc2)CC1)c1ccc(Cl)s1. The Bertz CT molecular complexity index is 788. The van der Waals surface area contributed by atoms with Gasteiger partial charge in [0.15, 0.2) is 0 Å². The fraction of sp³-hybridized carbons (Fsp3) is 0.444. The van der Waals surface area contributed by atoms with Gasteiger partial charge in [0.05, 0.1) is 4.34 Å². The van der Waals surface area contributed by atoms with Crippen LogP contribution in [0.25, 0.3) is 0 Å². The number of ether oxygens (including phenoxy) is 1. The molecule has 0 saturated carbocycles. The largest absolute Gasteiger partial charge is 0.492 e. The lowest BCUT2D eigenvalue weighted by atomic mass is 9.97. The summed E-state index contributed by atoms with van der Waals surface area (Å²) in [4.78, 5) is 2.37. The first-order chi connectivity index (χ1) is 12.5. The second-order valence-corrected chi connectivity index (χ2v) is 10.1. The Morgan fingerprint density at radius 3 is 2.54 bits per heavy atom. The van der Waals surface area contributed by atoms with Gasteiger partial charge in [-0.2, -0.15) is 0 Å². The number of piperidine rings is 1. The van der Waals surface area contributed by atoms with E-state index in [-0.39, 0.29) is 4.21 Å². The van der Waals surface area contributed by atoms with Gasteiger partial charge >= 0.3 is 0 Å². The van der Waals surface area contributed by atoms with E-state index in [1.54, 1.807) is 12.1 Å². The van der Waals surface area contributed by atoms with E-state index in [0.29, 0.717) is 23.4 Å². The lowest BCUT2D eigenvalue weighted by Gasteiger charge is -2.31. The summed E-state index contributed by atoms with van der Waals surface area (Å²) in [5, 5.41) is 0. The fourth-order valence-corrected chi connectivity index (χ4v) is 5.61. The third-order valence-electron chi connectivity index (χ3n) is 4.50. The van der Waals surface area contributed by atoms with Gasteiger partial charge in [0, 0.05) is 13.1 Å². The molecular formula is C18H23ClN2O3S2. The van der Waals surface area contributed by atoms with Crippen LogP contribution < -0.4 is 9.46 Å². The van der Waals surface area contributed by atoms with Crippen LogP contribution in [0, 0.1) is 5.92 Å². The molecule has 1 aliphatic heterocycles. The first-order valence-electron chi connectivity index (χ1n) is 8.68. The molecule has 2 heterocycles. The lowest BCUT2D eigenvalue weighted by Crippen LogP contribution is -2.40. The van der Waals surface area contributed by atoms with Gasteiger partial charge in [0.25, 0.3) is 0 Å². The summed E-state index contributed by atoms with van der Waals surface area (Å²) >= 11 is 6.90. The first-order valence-corrected chi connectivity index (χ1v) is 11.4. The molecule has 1 aliphatic rings. The van der Waals surface area contributed by atoms with Crippen molar-refractivity contribution in [1.29, 1.82) is 0 Å². The van der Waals surface area contributed by atoms with Gasteiger partial charge in [-0.05, 0) is 56.1 Å². The zero-order valence-corrected chi connectivity index (χ0v) is 16.8. The summed E-state index contributed by atoms with van der Waals surface area (Å²) in [6.45, 7) is 3.97. The number of hydrogen-bond donors (Lipinski definition) is 1. The molecule has 0 atom stereocenters. The molecule has 1 aromatic carbocycles. The Hall–Kier alpha value is -1.12. The highest BCUT2D eigenvalue weighted by Gasteiger charge is 2.22. The minimum atomic E-state index is -3.45. The Labute approximate surface area is 164 Å². The van der Waals surface area contributed by atoms with E-state index in [9.17, 15) is 8.42 Å². The van der Waals surface area contributed by atoms with Crippen LogP contribution in [0.4, 0.5) is 0 Å².